The van der Waals surface area contributed by atoms with Crippen molar-refractivity contribution >= 4 is 6.21 Å². The molecule has 0 aromatic heterocycles. The highest BCUT2D eigenvalue weighted by atomic mass is 16.6. The van der Waals surface area contributed by atoms with Crippen molar-refractivity contribution in [3.05, 3.63) is 70.8 Å². The Labute approximate surface area is 112 Å². The average Bonchev–Trinajstić information content (AvgIpc) is 2.45. The van der Waals surface area contributed by atoms with Crippen molar-refractivity contribution in [2.75, 3.05) is 0 Å². The van der Waals surface area contributed by atoms with E-state index in [2.05, 4.69) is 11.2 Å². The first-order chi connectivity index (χ1) is 9.31. The molecule has 2 aromatic rings. The van der Waals surface area contributed by atoms with Crippen molar-refractivity contribution in [2.45, 2.75) is 13.5 Å². The van der Waals surface area contributed by atoms with Crippen LogP contribution < -0.4 is 0 Å². The van der Waals surface area contributed by atoms with Crippen LogP contribution >= 0.6 is 0 Å². The minimum absolute atomic E-state index is 0.428. The fourth-order valence-electron chi connectivity index (χ4n) is 1.68. The third-order valence-corrected chi connectivity index (χ3v) is 2.83. The highest BCUT2D eigenvalue weighted by Gasteiger charge is 1.98. The Morgan fingerprint density at radius 3 is 2.68 bits per heavy atom. The summed E-state index contributed by atoms with van der Waals surface area (Å²) in [5.74, 6) is 0. The van der Waals surface area contributed by atoms with Gasteiger partial charge in [0, 0.05) is 5.56 Å². The normalized spacial score (nSPS) is 10.3. The molecule has 0 bridgehead atoms. The van der Waals surface area contributed by atoms with Crippen LogP contribution in [0.4, 0.5) is 0 Å². The third-order valence-electron chi connectivity index (χ3n) is 2.83. The lowest BCUT2D eigenvalue weighted by Crippen LogP contribution is -1.92. The molecule has 94 valence electrons. The Morgan fingerprint density at radius 1 is 1.16 bits per heavy atom. The van der Waals surface area contributed by atoms with Gasteiger partial charge in [0.25, 0.3) is 0 Å². The second-order valence-corrected chi connectivity index (χ2v) is 4.13. The zero-order valence-electron chi connectivity index (χ0n) is 10.7. The van der Waals surface area contributed by atoms with Crippen molar-refractivity contribution in [3.63, 3.8) is 0 Å². The number of nitrogens with zero attached hydrogens (tertiary/aromatic N) is 2. The first-order valence-electron chi connectivity index (χ1n) is 6.00. The fraction of sp³-hybridized carbons (Fsp3) is 0.125. The highest BCUT2D eigenvalue weighted by Crippen LogP contribution is 2.09. The van der Waals surface area contributed by atoms with Crippen molar-refractivity contribution in [1.82, 2.24) is 0 Å². The standard InChI is InChI=1S/C16H14N2O/c1-13-6-2-3-9-16(13)12-19-18-11-15-8-5-4-7-14(15)10-17/h2-9,11H,12H2,1H3. The van der Waals surface area contributed by atoms with Crippen LogP contribution in [0.1, 0.15) is 22.3 Å². The van der Waals surface area contributed by atoms with Gasteiger partial charge in [-0.1, -0.05) is 47.6 Å². The summed E-state index contributed by atoms with van der Waals surface area (Å²) >= 11 is 0. The van der Waals surface area contributed by atoms with E-state index in [1.807, 2.05) is 49.4 Å². The zero-order valence-corrected chi connectivity index (χ0v) is 10.7. The number of rotatable bonds is 4. The molecule has 0 radical (unpaired) electrons. The van der Waals surface area contributed by atoms with E-state index in [0.29, 0.717) is 12.2 Å². The van der Waals surface area contributed by atoms with E-state index < -0.39 is 0 Å². The fourth-order valence-corrected chi connectivity index (χ4v) is 1.68. The number of aryl methyl sites for hydroxylation is 1. The molecule has 0 fully saturated rings. The van der Waals surface area contributed by atoms with E-state index >= 15 is 0 Å². The second-order valence-electron chi connectivity index (χ2n) is 4.13. The molecule has 0 heterocycles. The molecule has 19 heavy (non-hydrogen) atoms. The van der Waals surface area contributed by atoms with Crippen LogP contribution in [0.3, 0.4) is 0 Å². The molecular weight excluding hydrogens is 236 g/mol. The summed E-state index contributed by atoms with van der Waals surface area (Å²) in [6.45, 7) is 2.46. The van der Waals surface area contributed by atoms with Gasteiger partial charge in [0.05, 0.1) is 17.8 Å². The van der Waals surface area contributed by atoms with Crippen LogP contribution in [-0.2, 0) is 11.4 Å². The predicted octanol–water partition coefficient (Wildman–Crippen LogP) is 3.42. The molecule has 2 rings (SSSR count). The summed E-state index contributed by atoms with van der Waals surface area (Å²) in [6.07, 6.45) is 1.57. The van der Waals surface area contributed by atoms with Gasteiger partial charge < -0.3 is 4.84 Å². The molecule has 0 saturated carbocycles. The quantitative estimate of drug-likeness (QED) is 0.616. The molecule has 3 heteroatoms. The first kappa shape index (κ1) is 12.8. The number of nitriles is 1. The van der Waals surface area contributed by atoms with Crippen LogP contribution in [-0.4, -0.2) is 6.21 Å². The van der Waals surface area contributed by atoms with Gasteiger partial charge in [-0.25, -0.2) is 0 Å². The van der Waals surface area contributed by atoms with E-state index in [1.54, 1.807) is 12.3 Å². The molecule has 0 aliphatic rings. The molecular formula is C16H14N2O. The molecule has 2 aromatic carbocycles. The minimum Gasteiger partial charge on any atom is -0.391 e. The lowest BCUT2D eigenvalue weighted by atomic mass is 10.1. The highest BCUT2D eigenvalue weighted by molar-refractivity contribution is 5.82. The molecule has 0 unspecified atom stereocenters. The lowest BCUT2D eigenvalue weighted by molar-refractivity contribution is 0.131. The monoisotopic (exact) mass is 250 g/mol. The summed E-state index contributed by atoms with van der Waals surface area (Å²) < 4.78 is 0. The largest absolute Gasteiger partial charge is 0.391 e. The van der Waals surface area contributed by atoms with E-state index in [9.17, 15) is 0 Å². The Hall–Kier alpha value is -2.60. The van der Waals surface area contributed by atoms with Crippen LogP contribution in [0.2, 0.25) is 0 Å². The number of benzene rings is 2. The molecule has 3 nitrogen and oxygen atoms in total. The Balaban J connectivity index is 1.98. The van der Waals surface area contributed by atoms with Gasteiger partial charge in [0.2, 0.25) is 0 Å². The van der Waals surface area contributed by atoms with Gasteiger partial charge in [0.15, 0.2) is 0 Å². The Bertz CT molecular complexity index is 627. The Morgan fingerprint density at radius 2 is 1.89 bits per heavy atom. The molecule has 0 saturated heterocycles. The number of hydrogen-bond acceptors (Lipinski definition) is 3. The molecule has 0 spiro atoms. The molecule has 0 aliphatic heterocycles. The smallest absolute Gasteiger partial charge is 0.142 e. The number of oxime groups is 1. The molecule has 0 N–H and O–H groups in total. The van der Waals surface area contributed by atoms with Gasteiger partial charge >= 0.3 is 0 Å². The zero-order chi connectivity index (χ0) is 13.5. The van der Waals surface area contributed by atoms with Crippen LogP contribution in [0.25, 0.3) is 0 Å². The van der Waals surface area contributed by atoms with Crippen LogP contribution in [0.5, 0.6) is 0 Å². The molecule has 0 atom stereocenters. The van der Waals surface area contributed by atoms with Crippen molar-refractivity contribution < 1.29 is 4.84 Å². The average molecular weight is 250 g/mol. The Kier molecular flexibility index (Phi) is 4.30. The van der Waals surface area contributed by atoms with Gasteiger partial charge in [-0.15, -0.1) is 0 Å². The number of hydrogen-bond donors (Lipinski definition) is 0. The van der Waals surface area contributed by atoms with Gasteiger partial charge in [-0.3, -0.25) is 0 Å². The topological polar surface area (TPSA) is 45.4 Å². The first-order valence-corrected chi connectivity index (χ1v) is 6.00. The summed E-state index contributed by atoms with van der Waals surface area (Å²) in [7, 11) is 0. The van der Waals surface area contributed by atoms with Crippen molar-refractivity contribution in [2.24, 2.45) is 5.16 Å². The summed E-state index contributed by atoms with van der Waals surface area (Å²) in [4.78, 5) is 5.26. The van der Waals surface area contributed by atoms with Gasteiger partial charge in [-0.05, 0) is 24.1 Å². The maximum absolute atomic E-state index is 8.94. The maximum atomic E-state index is 8.94. The summed E-state index contributed by atoms with van der Waals surface area (Å²) in [5.41, 5.74) is 3.63. The van der Waals surface area contributed by atoms with Crippen LogP contribution in [0, 0.1) is 18.3 Å². The van der Waals surface area contributed by atoms with E-state index in [-0.39, 0.29) is 0 Å². The maximum Gasteiger partial charge on any atom is 0.142 e. The predicted molar refractivity (Wildman–Crippen MR) is 74.7 cm³/mol. The van der Waals surface area contributed by atoms with Crippen molar-refractivity contribution in [3.8, 4) is 6.07 Å². The molecule has 0 amide bonds. The van der Waals surface area contributed by atoms with Crippen molar-refractivity contribution in [1.29, 1.82) is 5.26 Å². The van der Waals surface area contributed by atoms with E-state index in [0.717, 1.165) is 11.1 Å². The molecule has 0 aliphatic carbocycles. The SMILES string of the molecule is Cc1ccccc1CON=Cc1ccccc1C#N. The third kappa shape index (κ3) is 3.43. The minimum atomic E-state index is 0.428. The van der Waals surface area contributed by atoms with Gasteiger partial charge in [0.1, 0.15) is 6.61 Å². The lowest BCUT2D eigenvalue weighted by Gasteiger charge is -2.03. The summed E-state index contributed by atoms with van der Waals surface area (Å²) in [5, 5.41) is 12.8. The van der Waals surface area contributed by atoms with E-state index in [4.69, 9.17) is 10.1 Å². The summed E-state index contributed by atoms with van der Waals surface area (Å²) in [6, 6.07) is 17.4. The second kappa shape index (κ2) is 6.36. The van der Waals surface area contributed by atoms with Crippen LogP contribution in [0.15, 0.2) is 53.7 Å². The van der Waals surface area contributed by atoms with Gasteiger partial charge in [-0.2, -0.15) is 5.26 Å². The van der Waals surface area contributed by atoms with E-state index in [1.165, 1.54) is 5.56 Å².